The number of halogens is 1. The lowest BCUT2D eigenvalue weighted by Crippen LogP contribution is -2.21. The minimum Gasteiger partial charge on any atom is -0.375 e. The Morgan fingerprint density at radius 1 is 1.00 bits per heavy atom. The van der Waals surface area contributed by atoms with Crippen LogP contribution in [-0.4, -0.2) is 29.6 Å². The first-order chi connectivity index (χ1) is 13.2. The Morgan fingerprint density at radius 3 is 2.48 bits per heavy atom. The first-order valence-electron chi connectivity index (χ1n) is 9.42. The second-order valence-corrected chi connectivity index (χ2v) is 7.37. The minimum atomic E-state index is -0.186. The van der Waals surface area contributed by atoms with E-state index in [1.807, 2.05) is 48.7 Å². The van der Waals surface area contributed by atoms with Crippen molar-refractivity contribution in [3.63, 3.8) is 0 Å². The van der Waals surface area contributed by atoms with E-state index in [2.05, 4.69) is 10.2 Å². The lowest BCUT2D eigenvalue weighted by Gasteiger charge is -2.18. The number of hydrogen-bond acceptors (Lipinski definition) is 3. The van der Waals surface area contributed by atoms with Gasteiger partial charge in [-0.2, -0.15) is 0 Å². The number of carbonyl (C=O) groups is 1. The molecular formula is C22H22ClN3O. The summed E-state index contributed by atoms with van der Waals surface area (Å²) in [5.41, 5.74) is 3.71. The van der Waals surface area contributed by atoms with Gasteiger partial charge in [-0.25, -0.2) is 4.99 Å². The Balaban J connectivity index is 1.82. The summed E-state index contributed by atoms with van der Waals surface area (Å²) >= 11 is 6.24. The van der Waals surface area contributed by atoms with Crippen LogP contribution in [0.4, 0.5) is 5.69 Å². The van der Waals surface area contributed by atoms with E-state index < -0.39 is 0 Å². The molecule has 0 aromatic heterocycles. The maximum atomic E-state index is 12.9. The highest BCUT2D eigenvalue weighted by Gasteiger charge is 2.22. The molecule has 0 saturated carbocycles. The lowest BCUT2D eigenvalue weighted by molar-refractivity contribution is -0.112. The number of benzene rings is 2. The van der Waals surface area contributed by atoms with Crippen LogP contribution in [0.1, 0.15) is 36.8 Å². The number of nitrogens with one attached hydrogen (secondary N) is 1. The maximum absolute atomic E-state index is 12.9. The Bertz CT molecular complexity index is 897. The Labute approximate surface area is 164 Å². The Morgan fingerprint density at radius 2 is 1.74 bits per heavy atom. The van der Waals surface area contributed by atoms with E-state index in [-0.39, 0.29) is 5.91 Å². The fourth-order valence-electron chi connectivity index (χ4n) is 3.54. The second kappa shape index (κ2) is 7.97. The zero-order valence-corrected chi connectivity index (χ0v) is 15.9. The molecule has 2 heterocycles. The molecule has 0 spiro atoms. The van der Waals surface area contributed by atoms with E-state index in [0.29, 0.717) is 10.7 Å². The summed E-state index contributed by atoms with van der Waals surface area (Å²) in [6, 6.07) is 15.4. The van der Waals surface area contributed by atoms with E-state index >= 15 is 0 Å². The summed E-state index contributed by atoms with van der Waals surface area (Å²) in [7, 11) is 0. The second-order valence-electron chi connectivity index (χ2n) is 6.93. The van der Waals surface area contributed by atoms with Gasteiger partial charge in [0.05, 0.1) is 11.4 Å². The molecule has 2 aromatic rings. The predicted octanol–water partition coefficient (Wildman–Crippen LogP) is 4.85. The Kier molecular flexibility index (Phi) is 5.26. The standard InChI is InChI=1S/C22H22ClN3O/c23-17-10-11-19-18(14-17)21(16-8-4-3-5-9-16)24-20(22(27)25-19)15-26-12-6-1-2-7-13-26/h3-5,8-11,14-15H,1-2,6-7,12-13H2,(H,25,27). The van der Waals surface area contributed by atoms with E-state index in [1.54, 1.807) is 6.07 Å². The first-order valence-corrected chi connectivity index (χ1v) is 9.80. The fourth-order valence-corrected chi connectivity index (χ4v) is 3.71. The molecule has 1 fully saturated rings. The van der Waals surface area contributed by atoms with E-state index in [4.69, 9.17) is 16.6 Å². The molecule has 0 atom stereocenters. The van der Waals surface area contributed by atoms with Gasteiger partial charge in [0.1, 0.15) is 5.70 Å². The van der Waals surface area contributed by atoms with Gasteiger partial charge in [0.25, 0.3) is 5.91 Å². The molecule has 1 N–H and O–H groups in total. The Hall–Kier alpha value is -2.59. The van der Waals surface area contributed by atoms with Crippen molar-refractivity contribution in [1.29, 1.82) is 0 Å². The topological polar surface area (TPSA) is 44.7 Å². The number of hydrogen-bond donors (Lipinski definition) is 1. The number of fused-ring (bicyclic) bond motifs is 1. The predicted molar refractivity (Wildman–Crippen MR) is 110 cm³/mol. The summed E-state index contributed by atoms with van der Waals surface area (Å²) in [6.07, 6.45) is 6.70. The van der Waals surface area contributed by atoms with Crippen LogP contribution in [0.25, 0.3) is 0 Å². The molecule has 1 amide bonds. The third kappa shape index (κ3) is 4.06. The van der Waals surface area contributed by atoms with E-state index in [0.717, 1.165) is 48.5 Å². The van der Waals surface area contributed by atoms with Gasteiger partial charge < -0.3 is 10.2 Å². The van der Waals surface area contributed by atoms with Crippen LogP contribution < -0.4 is 5.32 Å². The van der Waals surface area contributed by atoms with Gasteiger partial charge >= 0.3 is 0 Å². The van der Waals surface area contributed by atoms with Crippen LogP contribution in [0, 0.1) is 0 Å². The van der Waals surface area contributed by atoms with Gasteiger partial charge in [-0.3, -0.25) is 4.79 Å². The van der Waals surface area contributed by atoms with Crippen molar-refractivity contribution >= 4 is 28.9 Å². The fraction of sp³-hybridized carbons (Fsp3) is 0.273. The smallest absolute Gasteiger partial charge is 0.275 e. The zero-order valence-electron chi connectivity index (χ0n) is 15.1. The molecule has 0 aliphatic carbocycles. The molecule has 4 rings (SSSR count). The summed E-state index contributed by atoms with van der Waals surface area (Å²) in [5.74, 6) is -0.186. The van der Waals surface area contributed by atoms with Crippen molar-refractivity contribution in [2.24, 2.45) is 4.99 Å². The molecule has 2 aliphatic rings. The van der Waals surface area contributed by atoms with Crippen molar-refractivity contribution < 1.29 is 4.79 Å². The van der Waals surface area contributed by atoms with E-state index in [9.17, 15) is 4.79 Å². The summed E-state index contributed by atoms with van der Waals surface area (Å²) < 4.78 is 0. The SMILES string of the molecule is O=C1Nc2ccc(Cl)cc2C(c2ccccc2)=NC1=CN1CCCCCC1. The van der Waals surface area contributed by atoms with Gasteiger partial charge in [-0.05, 0) is 31.0 Å². The highest BCUT2D eigenvalue weighted by atomic mass is 35.5. The monoisotopic (exact) mass is 379 g/mol. The summed E-state index contributed by atoms with van der Waals surface area (Å²) in [4.78, 5) is 19.9. The number of amides is 1. The third-order valence-electron chi connectivity index (χ3n) is 4.94. The summed E-state index contributed by atoms with van der Waals surface area (Å²) in [5, 5.41) is 3.61. The number of aliphatic imine (C=N–C) groups is 1. The number of anilines is 1. The normalized spacial score (nSPS) is 19.0. The highest BCUT2D eigenvalue weighted by molar-refractivity contribution is 6.32. The highest BCUT2D eigenvalue weighted by Crippen LogP contribution is 2.28. The number of benzodiazepines with no additional fused rings is 1. The maximum Gasteiger partial charge on any atom is 0.275 e. The van der Waals surface area contributed by atoms with Crippen molar-refractivity contribution in [3.05, 3.63) is 76.6 Å². The van der Waals surface area contributed by atoms with Gasteiger partial charge in [0.15, 0.2) is 0 Å². The molecule has 2 aliphatic heterocycles. The molecule has 1 saturated heterocycles. The van der Waals surface area contributed by atoms with Crippen molar-refractivity contribution in [1.82, 2.24) is 4.90 Å². The number of carbonyl (C=O) groups excluding carboxylic acids is 1. The zero-order chi connectivity index (χ0) is 18.6. The molecule has 0 unspecified atom stereocenters. The van der Waals surface area contributed by atoms with Gasteiger partial charge in [0.2, 0.25) is 0 Å². The van der Waals surface area contributed by atoms with Crippen molar-refractivity contribution in [3.8, 4) is 0 Å². The van der Waals surface area contributed by atoms with Gasteiger partial charge in [-0.1, -0.05) is 54.8 Å². The number of nitrogens with zero attached hydrogens (tertiary/aromatic N) is 2. The lowest BCUT2D eigenvalue weighted by atomic mass is 10.0. The van der Waals surface area contributed by atoms with Crippen LogP contribution >= 0.6 is 11.6 Å². The van der Waals surface area contributed by atoms with Gasteiger partial charge in [0, 0.05) is 35.4 Å². The van der Waals surface area contributed by atoms with Gasteiger partial charge in [-0.15, -0.1) is 0 Å². The molecule has 0 bridgehead atoms. The molecule has 27 heavy (non-hydrogen) atoms. The summed E-state index contributed by atoms with van der Waals surface area (Å²) in [6.45, 7) is 1.93. The molecular weight excluding hydrogens is 358 g/mol. The quantitative estimate of drug-likeness (QED) is 0.758. The largest absolute Gasteiger partial charge is 0.375 e. The van der Waals surface area contributed by atoms with E-state index in [1.165, 1.54) is 12.8 Å². The van der Waals surface area contributed by atoms with Crippen LogP contribution in [0.15, 0.2) is 65.4 Å². The average Bonchev–Trinajstić information content (AvgIpc) is 3.01. The van der Waals surface area contributed by atoms with Crippen molar-refractivity contribution in [2.75, 3.05) is 18.4 Å². The first kappa shape index (κ1) is 17.8. The van der Waals surface area contributed by atoms with Crippen LogP contribution in [0.2, 0.25) is 5.02 Å². The third-order valence-corrected chi connectivity index (χ3v) is 5.18. The minimum absolute atomic E-state index is 0.186. The van der Waals surface area contributed by atoms with Crippen LogP contribution in [0.5, 0.6) is 0 Å². The number of rotatable bonds is 2. The van der Waals surface area contributed by atoms with Crippen LogP contribution in [0.3, 0.4) is 0 Å². The average molecular weight is 380 g/mol. The molecule has 138 valence electrons. The molecule has 0 radical (unpaired) electrons. The van der Waals surface area contributed by atoms with Crippen LogP contribution in [-0.2, 0) is 4.79 Å². The molecule has 4 nitrogen and oxygen atoms in total. The molecule has 2 aromatic carbocycles. The molecule has 5 heteroatoms. The number of likely N-dealkylation sites (tertiary alicyclic amines) is 1. The van der Waals surface area contributed by atoms with Crippen molar-refractivity contribution in [2.45, 2.75) is 25.7 Å².